The van der Waals surface area contributed by atoms with Crippen LogP contribution in [0.15, 0.2) is 66.1 Å². The number of benzene rings is 2. The molecule has 148 valence electrons. The Labute approximate surface area is 175 Å². The number of nitrogens with two attached hydrogens (primary N) is 1. The first kappa shape index (κ1) is 20.7. The van der Waals surface area contributed by atoms with Crippen LogP contribution in [0.5, 0.6) is 5.75 Å². The second-order valence-corrected chi connectivity index (χ2v) is 7.91. The van der Waals surface area contributed by atoms with Gasteiger partial charge in [-0.25, -0.2) is 4.98 Å². The SMILES string of the molecule is Cn1cnc(SNCCOc2cccc(C(CN)Cc3cccc(Cl)c3)c2)c1. The maximum absolute atomic E-state index is 6.10. The molecule has 7 heteroatoms. The predicted octanol–water partition coefficient (Wildman–Crippen LogP) is 4.03. The van der Waals surface area contributed by atoms with Crippen LogP contribution in [0.4, 0.5) is 0 Å². The van der Waals surface area contributed by atoms with E-state index < -0.39 is 0 Å². The van der Waals surface area contributed by atoms with Crippen molar-refractivity contribution in [2.75, 3.05) is 19.7 Å². The third-order valence-corrected chi connectivity index (χ3v) is 5.32. The summed E-state index contributed by atoms with van der Waals surface area (Å²) < 4.78 is 11.1. The van der Waals surface area contributed by atoms with E-state index in [-0.39, 0.29) is 5.92 Å². The number of hydrogen-bond donors (Lipinski definition) is 2. The average Bonchev–Trinajstić information content (AvgIpc) is 3.11. The highest BCUT2D eigenvalue weighted by Crippen LogP contribution is 2.25. The minimum absolute atomic E-state index is 0.222. The molecule has 3 aromatic rings. The molecule has 0 bridgehead atoms. The molecule has 28 heavy (non-hydrogen) atoms. The van der Waals surface area contributed by atoms with Gasteiger partial charge >= 0.3 is 0 Å². The molecular formula is C21H25ClN4OS. The number of aromatic nitrogens is 2. The fraction of sp³-hybridized carbons (Fsp3) is 0.286. The van der Waals surface area contributed by atoms with Crippen LogP contribution in [0.2, 0.25) is 5.02 Å². The van der Waals surface area contributed by atoms with E-state index in [2.05, 4.69) is 27.9 Å². The van der Waals surface area contributed by atoms with E-state index in [1.54, 1.807) is 6.33 Å². The molecule has 3 rings (SSSR count). The van der Waals surface area contributed by atoms with E-state index in [1.807, 2.05) is 48.1 Å². The number of aryl methyl sites for hydroxylation is 1. The van der Waals surface area contributed by atoms with Crippen LogP contribution in [-0.4, -0.2) is 29.2 Å². The van der Waals surface area contributed by atoms with E-state index in [0.717, 1.165) is 22.2 Å². The monoisotopic (exact) mass is 416 g/mol. The number of nitrogens with one attached hydrogen (secondary N) is 1. The minimum Gasteiger partial charge on any atom is -0.492 e. The zero-order chi connectivity index (χ0) is 19.8. The molecule has 0 spiro atoms. The molecule has 0 aliphatic carbocycles. The summed E-state index contributed by atoms with van der Waals surface area (Å²) in [4.78, 5) is 4.25. The fourth-order valence-electron chi connectivity index (χ4n) is 2.92. The zero-order valence-electron chi connectivity index (χ0n) is 15.8. The maximum Gasteiger partial charge on any atom is 0.129 e. The highest BCUT2D eigenvalue weighted by molar-refractivity contribution is 7.97. The molecular weight excluding hydrogens is 392 g/mol. The van der Waals surface area contributed by atoms with Crippen molar-refractivity contribution in [3.8, 4) is 5.75 Å². The van der Waals surface area contributed by atoms with E-state index in [1.165, 1.54) is 23.1 Å². The lowest BCUT2D eigenvalue weighted by atomic mass is 9.92. The van der Waals surface area contributed by atoms with Gasteiger partial charge in [-0.1, -0.05) is 35.9 Å². The topological polar surface area (TPSA) is 65.1 Å². The number of ether oxygens (including phenoxy) is 1. The van der Waals surface area contributed by atoms with Crippen LogP contribution in [0.1, 0.15) is 17.0 Å². The molecule has 2 aromatic carbocycles. The molecule has 1 unspecified atom stereocenters. The summed E-state index contributed by atoms with van der Waals surface area (Å²) in [7, 11) is 1.95. The Kier molecular flexibility index (Phi) is 7.80. The second-order valence-electron chi connectivity index (χ2n) is 6.56. The number of halogens is 1. The average molecular weight is 417 g/mol. The van der Waals surface area contributed by atoms with Gasteiger partial charge in [-0.15, -0.1) is 0 Å². The highest BCUT2D eigenvalue weighted by atomic mass is 35.5. The highest BCUT2D eigenvalue weighted by Gasteiger charge is 2.12. The molecule has 0 amide bonds. The van der Waals surface area contributed by atoms with Crippen molar-refractivity contribution in [1.29, 1.82) is 0 Å². The van der Waals surface area contributed by atoms with Gasteiger partial charge < -0.3 is 15.0 Å². The van der Waals surface area contributed by atoms with Gasteiger partial charge in [-0.05, 0) is 60.3 Å². The number of hydrogen-bond acceptors (Lipinski definition) is 5. The van der Waals surface area contributed by atoms with Gasteiger partial charge in [0.15, 0.2) is 0 Å². The number of nitrogens with zero attached hydrogens (tertiary/aromatic N) is 2. The summed E-state index contributed by atoms with van der Waals surface area (Å²) in [6.07, 6.45) is 4.60. The van der Waals surface area contributed by atoms with Crippen LogP contribution in [0.3, 0.4) is 0 Å². The minimum atomic E-state index is 0.222. The molecule has 5 nitrogen and oxygen atoms in total. The summed E-state index contributed by atoms with van der Waals surface area (Å²) in [5.41, 5.74) is 8.41. The Balaban J connectivity index is 1.50. The standard InChI is InChI=1S/C21H25ClN4OS/c1-26-14-21(24-15-26)28-25-8-9-27-20-7-3-5-17(12-20)18(13-23)10-16-4-2-6-19(22)11-16/h2-7,11-12,14-15,18,25H,8-10,13,23H2,1H3. The Morgan fingerprint density at radius 2 is 2.11 bits per heavy atom. The van der Waals surface area contributed by atoms with Crippen molar-refractivity contribution in [3.63, 3.8) is 0 Å². The van der Waals surface area contributed by atoms with Crippen molar-refractivity contribution in [1.82, 2.24) is 14.3 Å². The first-order valence-electron chi connectivity index (χ1n) is 9.19. The predicted molar refractivity (Wildman–Crippen MR) is 116 cm³/mol. The summed E-state index contributed by atoms with van der Waals surface area (Å²) >= 11 is 7.60. The fourth-order valence-corrected chi connectivity index (χ4v) is 3.79. The Morgan fingerprint density at radius 1 is 1.25 bits per heavy atom. The van der Waals surface area contributed by atoms with Gasteiger partial charge in [0.2, 0.25) is 0 Å². The van der Waals surface area contributed by atoms with Crippen LogP contribution < -0.4 is 15.2 Å². The molecule has 0 radical (unpaired) electrons. The summed E-state index contributed by atoms with van der Waals surface area (Å²) in [6.45, 7) is 1.86. The molecule has 0 fully saturated rings. The third kappa shape index (κ3) is 6.27. The van der Waals surface area contributed by atoms with Crippen LogP contribution in [0, 0.1) is 0 Å². The van der Waals surface area contributed by atoms with Gasteiger partial charge in [0.1, 0.15) is 17.4 Å². The van der Waals surface area contributed by atoms with Crippen LogP contribution >= 0.6 is 23.5 Å². The molecule has 0 saturated carbocycles. The van der Waals surface area contributed by atoms with Gasteiger partial charge in [-0.3, -0.25) is 4.72 Å². The summed E-state index contributed by atoms with van der Waals surface area (Å²) in [6, 6.07) is 16.1. The second kappa shape index (κ2) is 10.5. The molecule has 1 heterocycles. The molecule has 3 N–H and O–H groups in total. The van der Waals surface area contributed by atoms with E-state index >= 15 is 0 Å². The Hall–Kier alpha value is -1.99. The van der Waals surface area contributed by atoms with Gasteiger partial charge in [0.05, 0.1) is 6.33 Å². The van der Waals surface area contributed by atoms with E-state index in [0.29, 0.717) is 19.7 Å². The first-order chi connectivity index (χ1) is 13.6. The molecule has 0 saturated heterocycles. The van der Waals surface area contributed by atoms with Crippen molar-refractivity contribution >= 4 is 23.5 Å². The quantitative estimate of drug-likeness (QED) is 0.386. The zero-order valence-corrected chi connectivity index (χ0v) is 17.4. The Bertz CT molecular complexity index is 886. The van der Waals surface area contributed by atoms with Gasteiger partial charge in [-0.2, -0.15) is 0 Å². The molecule has 1 aromatic heterocycles. The van der Waals surface area contributed by atoms with Gasteiger partial charge in [0.25, 0.3) is 0 Å². The van der Waals surface area contributed by atoms with E-state index in [9.17, 15) is 0 Å². The Morgan fingerprint density at radius 3 is 2.86 bits per heavy atom. The van der Waals surface area contributed by atoms with Crippen LogP contribution in [0.25, 0.3) is 0 Å². The van der Waals surface area contributed by atoms with Crippen molar-refractivity contribution in [2.45, 2.75) is 17.4 Å². The third-order valence-electron chi connectivity index (χ3n) is 4.32. The van der Waals surface area contributed by atoms with Crippen molar-refractivity contribution in [2.24, 2.45) is 12.8 Å². The summed E-state index contributed by atoms with van der Waals surface area (Å²) in [5, 5.41) is 1.69. The van der Waals surface area contributed by atoms with Crippen molar-refractivity contribution < 1.29 is 4.74 Å². The lowest BCUT2D eigenvalue weighted by molar-refractivity contribution is 0.324. The summed E-state index contributed by atoms with van der Waals surface area (Å²) in [5.74, 6) is 1.08. The first-order valence-corrected chi connectivity index (χ1v) is 10.4. The lowest BCUT2D eigenvalue weighted by Crippen LogP contribution is -2.16. The number of imidazole rings is 1. The van der Waals surface area contributed by atoms with Crippen molar-refractivity contribution in [3.05, 3.63) is 77.2 Å². The van der Waals surface area contributed by atoms with E-state index in [4.69, 9.17) is 22.1 Å². The largest absolute Gasteiger partial charge is 0.492 e. The normalized spacial score (nSPS) is 12.1. The molecule has 0 aliphatic rings. The molecule has 0 aliphatic heterocycles. The van der Waals surface area contributed by atoms with Gasteiger partial charge in [0, 0.05) is 30.7 Å². The molecule has 1 atom stereocenters. The smallest absolute Gasteiger partial charge is 0.129 e. The lowest BCUT2D eigenvalue weighted by Gasteiger charge is -2.17. The van der Waals surface area contributed by atoms with Crippen LogP contribution in [-0.2, 0) is 13.5 Å². The number of rotatable bonds is 10. The maximum atomic E-state index is 6.10.